The Bertz CT molecular complexity index is 984. The summed E-state index contributed by atoms with van der Waals surface area (Å²) in [6, 6.07) is 17.8. The Morgan fingerprint density at radius 3 is 2.72 bits per heavy atom. The van der Waals surface area contributed by atoms with E-state index in [0.29, 0.717) is 6.42 Å². The Kier molecular flexibility index (Phi) is 4.04. The summed E-state index contributed by atoms with van der Waals surface area (Å²) < 4.78 is 1.87. The number of hydrogen-bond donors (Lipinski definition) is 2. The van der Waals surface area contributed by atoms with Gasteiger partial charge in [-0.3, -0.25) is 9.48 Å². The summed E-state index contributed by atoms with van der Waals surface area (Å²) in [6.45, 7) is 0.719. The van der Waals surface area contributed by atoms with E-state index in [-0.39, 0.29) is 5.91 Å². The van der Waals surface area contributed by atoms with Gasteiger partial charge in [-0.25, -0.2) is 0 Å². The zero-order valence-corrected chi connectivity index (χ0v) is 13.6. The zero-order chi connectivity index (χ0) is 17.1. The van der Waals surface area contributed by atoms with Crippen LogP contribution in [0.3, 0.4) is 0 Å². The highest BCUT2D eigenvalue weighted by molar-refractivity contribution is 5.95. The molecule has 4 rings (SSSR count). The SMILES string of the molecule is O=C(Cc1c[nH]c2ccccc12)Nc1ccc(Cn2cccn2)cc1. The van der Waals surface area contributed by atoms with E-state index in [9.17, 15) is 4.79 Å². The van der Waals surface area contributed by atoms with Crippen LogP contribution < -0.4 is 5.32 Å². The smallest absolute Gasteiger partial charge is 0.228 e. The topological polar surface area (TPSA) is 62.7 Å². The van der Waals surface area contributed by atoms with E-state index in [1.165, 1.54) is 0 Å². The molecule has 2 aromatic carbocycles. The van der Waals surface area contributed by atoms with Gasteiger partial charge < -0.3 is 10.3 Å². The van der Waals surface area contributed by atoms with Crippen LogP contribution in [0.25, 0.3) is 10.9 Å². The molecule has 2 aromatic heterocycles. The maximum atomic E-state index is 12.3. The average Bonchev–Trinajstić information content (AvgIpc) is 3.27. The monoisotopic (exact) mass is 330 g/mol. The number of carbonyl (C=O) groups excluding carboxylic acids is 1. The summed E-state index contributed by atoms with van der Waals surface area (Å²) in [5.74, 6) is -0.0235. The molecule has 0 atom stereocenters. The van der Waals surface area contributed by atoms with Crippen LogP contribution in [0, 0.1) is 0 Å². The van der Waals surface area contributed by atoms with Gasteiger partial charge in [0.15, 0.2) is 0 Å². The lowest BCUT2D eigenvalue weighted by molar-refractivity contribution is -0.115. The lowest BCUT2D eigenvalue weighted by Crippen LogP contribution is -2.14. The fraction of sp³-hybridized carbons (Fsp3) is 0.100. The second-order valence-electron chi connectivity index (χ2n) is 5.99. The molecule has 0 radical (unpaired) electrons. The fourth-order valence-corrected chi connectivity index (χ4v) is 2.93. The highest BCUT2D eigenvalue weighted by Crippen LogP contribution is 2.19. The van der Waals surface area contributed by atoms with Crippen LogP contribution in [0.15, 0.2) is 73.2 Å². The third-order valence-corrected chi connectivity index (χ3v) is 4.17. The van der Waals surface area contributed by atoms with Crippen LogP contribution in [0.1, 0.15) is 11.1 Å². The fourth-order valence-electron chi connectivity index (χ4n) is 2.93. The number of H-pyrrole nitrogens is 1. The van der Waals surface area contributed by atoms with E-state index in [2.05, 4.69) is 15.4 Å². The minimum atomic E-state index is -0.0235. The number of benzene rings is 2. The molecule has 0 bridgehead atoms. The van der Waals surface area contributed by atoms with Gasteiger partial charge in [-0.2, -0.15) is 5.10 Å². The summed E-state index contributed by atoms with van der Waals surface area (Å²) in [4.78, 5) is 15.5. The van der Waals surface area contributed by atoms with Gasteiger partial charge in [0.2, 0.25) is 5.91 Å². The number of anilines is 1. The summed E-state index contributed by atoms with van der Waals surface area (Å²) >= 11 is 0. The second kappa shape index (κ2) is 6.65. The second-order valence-corrected chi connectivity index (χ2v) is 5.99. The van der Waals surface area contributed by atoms with Crippen molar-refractivity contribution in [2.24, 2.45) is 0 Å². The first kappa shape index (κ1) is 15.2. The number of aromatic nitrogens is 3. The molecule has 0 aliphatic heterocycles. The Balaban J connectivity index is 1.40. The van der Waals surface area contributed by atoms with E-state index in [0.717, 1.165) is 34.3 Å². The summed E-state index contributed by atoms with van der Waals surface area (Å²) in [6.07, 6.45) is 5.94. The molecule has 2 N–H and O–H groups in total. The molecule has 25 heavy (non-hydrogen) atoms. The maximum absolute atomic E-state index is 12.3. The van der Waals surface area contributed by atoms with Crippen molar-refractivity contribution in [3.8, 4) is 0 Å². The molecule has 124 valence electrons. The van der Waals surface area contributed by atoms with Gasteiger partial charge in [-0.1, -0.05) is 30.3 Å². The first-order valence-corrected chi connectivity index (χ1v) is 8.19. The van der Waals surface area contributed by atoms with Gasteiger partial charge >= 0.3 is 0 Å². The Morgan fingerprint density at radius 1 is 1.08 bits per heavy atom. The van der Waals surface area contributed by atoms with Gasteiger partial charge in [0, 0.05) is 35.2 Å². The van der Waals surface area contributed by atoms with Crippen molar-refractivity contribution in [2.45, 2.75) is 13.0 Å². The highest BCUT2D eigenvalue weighted by atomic mass is 16.1. The molecule has 2 heterocycles. The number of fused-ring (bicyclic) bond motifs is 1. The molecular weight excluding hydrogens is 312 g/mol. The number of aromatic amines is 1. The van der Waals surface area contributed by atoms with Crippen molar-refractivity contribution >= 4 is 22.5 Å². The van der Waals surface area contributed by atoms with E-state index < -0.39 is 0 Å². The minimum Gasteiger partial charge on any atom is -0.361 e. The molecular formula is C20H18N4O. The predicted octanol–water partition coefficient (Wildman–Crippen LogP) is 3.59. The Hall–Kier alpha value is -3.34. The number of hydrogen-bond acceptors (Lipinski definition) is 2. The number of nitrogens with zero attached hydrogens (tertiary/aromatic N) is 2. The number of nitrogens with one attached hydrogen (secondary N) is 2. The quantitative estimate of drug-likeness (QED) is 0.587. The number of para-hydroxylation sites is 1. The van der Waals surface area contributed by atoms with Crippen molar-refractivity contribution in [3.05, 3.63) is 84.3 Å². The largest absolute Gasteiger partial charge is 0.361 e. The van der Waals surface area contributed by atoms with Gasteiger partial charge in [-0.05, 0) is 35.4 Å². The van der Waals surface area contributed by atoms with Crippen LogP contribution >= 0.6 is 0 Å². The number of rotatable bonds is 5. The first-order chi connectivity index (χ1) is 12.3. The number of carbonyl (C=O) groups is 1. The van der Waals surface area contributed by atoms with Crippen molar-refractivity contribution in [2.75, 3.05) is 5.32 Å². The van der Waals surface area contributed by atoms with Crippen molar-refractivity contribution in [1.29, 1.82) is 0 Å². The Morgan fingerprint density at radius 2 is 1.92 bits per heavy atom. The van der Waals surface area contributed by atoms with Gasteiger partial charge in [0.05, 0.1) is 13.0 Å². The molecule has 0 aliphatic carbocycles. The summed E-state index contributed by atoms with van der Waals surface area (Å²) in [5.41, 5.74) is 3.99. The van der Waals surface area contributed by atoms with Crippen LogP contribution in [0.5, 0.6) is 0 Å². The molecule has 0 unspecified atom stereocenters. The third-order valence-electron chi connectivity index (χ3n) is 4.17. The van der Waals surface area contributed by atoms with Crippen molar-refractivity contribution in [3.63, 3.8) is 0 Å². The van der Waals surface area contributed by atoms with Crippen molar-refractivity contribution < 1.29 is 4.79 Å². The predicted molar refractivity (Wildman–Crippen MR) is 98.4 cm³/mol. The molecule has 1 amide bonds. The van der Waals surface area contributed by atoms with Crippen LogP contribution in [0.2, 0.25) is 0 Å². The normalized spacial score (nSPS) is 10.9. The van der Waals surface area contributed by atoms with E-state index in [1.807, 2.05) is 71.7 Å². The van der Waals surface area contributed by atoms with Crippen molar-refractivity contribution in [1.82, 2.24) is 14.8 Å². The molecule has 5 nitrogen and oxygen atoms in total. The minimum absolute atomic E-state index is 0.0235. The van der Waals surface area contributed by atoms with E-state index >= 15 is 0 Å². The standard InChI is InChI=1S/C20H18N4O/c25-20(12-16-13-21-19-5-2-1-4-18(16)19)23-17-8-6-15(7-9-17)14-24-11-3-10-22-24/h1-11,13,21H,12,14H2,(H,23,25). The van der Waals surface area contributed by atoms with Crippen LogP contribution in [0.4, 0.5) is 5.69 Å². The summed E-state index contributed by atoms with van der Waals surface area (Å²) in [7, 11) is 0. The zero-order valence-electron chi connectivity index (χ0n) is 13.6. The van der Waals surface area contributed by atoms with E-state index in [1.54, 1.807) is 6.20 Å². The highest BCUT2D eigenvalue weighted by Gasteiger charge is 2.09. The Labute approximate surface area is 145 Å². The summed E-state index contributed by atoms with van der Waals surface area (Å²) in [5, 5.41) is 8.24. The molecule has 5 heteroatoms. The van der Waals surface area contributed by atoms with Gasteiger partial charge in [0.25, 0.3) is 0 Å². The lowest BCUT2D eigenvalue weighted by Gasteiger charge is -2.07. The van der Waals surface area contributed by atoms with Crippen LogP contribution in [-0.4, -0.2) is 20.7 Å². The van der Waals surface area contributed by atoms with Crippen LogP contribution in [-0.2, 0) is 17.8 Å². The molecule has 0 saturated carbocycles. The van der Waals surface area contributed by atoms with Gasteiger partial charge in [-0.15, -0.1) is 0 Å². The molecule has 0 fully saturated rings. The van der Waals surface area contributed by atoms with Gasteiger partial charge in [0.1, 0.15) is 0 Å². The molecule has 0 saturated heterocycles. The molecule has 4 aromatic rings. The van der Waals surface area contributed by atoms with E-state index in [4.69, 9.17) is 0 Å². The first-order valence-electron chi connectivity index (χ1n) is 8.19. The third kappa shape index (κ3) is 3.45. The average molecular weight is 330 g/mol. The molecule has 0 spiro atoms. The molecule has 0 aliphatic rings. The lowest BCUT2D eigenvalue weighted by atomic mass is 10.1. The maximum Gasteiger partial charge on any atom is 0.228 e. The number of amides is 1.